The summed E-state index contributed by atoms with van der Waals surface area (Å²) in [5.41, 5.74) is 0. The molecule has 446 valence electrons. The van der Waals surface area contributed by atoms with Crippen LogP contribution in [-0.2, 0) is 28.6 Å². The maximum Gasteiger partial charge on any atom is 0.306 e. The van der Waals surface area contributed by atoms with E-state index in [4.69, 9.17) is 14.2 Å². The van der Waals surface area contributed by atoms with E-state index in [9.17, 15) is 14.4 Å². The van der Waals surface area contributed by atoms with Crippen LogP contribution in [0.1, 0.15) is 388 Å². The highest BCUT2D eigenvalue weighted by atomic mass is 16.6. The van der Waals surface area contributed by atoms with Gasteiger partial charge in [-0.25, -0.2) is 0 Å². The molecule has 0 N–H and O–H groups in total. The smallest absolute Gasteiger partial charge is 0.306 e. The first kappa shape index (κ1) is 73.4. The largest absolute Gasteiger partial charge is 0.462 e. The molecule has 0 rings (SSSR count). The third kappa shape index (κ3) is 59.9. The fraction of sp³-hybridized carbons (Fsp3) is 0.957. The van der Waals surface area contributed by atoms with E-state index in [1.807, 2.05) is 0 Å². The maximum atomic E-state index is 12.9. The summed E-state index contributed by atoms with van der Waals surface area (Å²) < 4.78 is 17.0. The Morgan fingerprint density at radius 2 is 0.467 bits per heavy atom. The van der Waals surface area contributed by atoms with Crippen LogP contribution in [0.15, 0.2) is 0 Å². The van der Waals surface area contributed by atoms with Gasteiger partial charge in [-0.3, -0.25) is 14.4 Å². The summed E-state index contributed by atoms with van der Waals surface area (Å²) in [4.78, 5) is 38.4. The van der Waals surface area contributed by atoms with E-state index in [0.717, 1.165) is 75.5 Å². The van der Waals surface area contributed by atoms with Crippen LogP contribution in [0.4, 0.5) is 0 Å². The lowest BCUT2D eigenvalue weighted by molar-refractivity contribution is -0.167. The predicted molar refractivity (Wildman–Crippen MR) is 326 cm³/mol. The number of unbranched alkanes of at least 4 members (excludes halogenated alkanes) is 43. The van der Waals surface area contributed by atoms with E-state index in [-0.39, 0.29) is 31.1 Å². The van der Waals surface area contributed by atoms with Crippen molar-refractivity contribution in [2.75, 3.05) is 13.2 Å². The van der Waals surface area contributed by atoms with Crippen molar-refractivity contribution < 1.29 is 28.6 Å². The van der Waals surface area contributed by atoms with E-state index >= 15 is 0 Å². The molecule has 0 bridgehead atoms. The molecule has 6 nitrogen and oxygen atoms in total. The van der Waals surface area contributed by atoms with Gasteiger partial charge in [-0.05, 0) is 37.0 Å². The fourth-order valence-corrected chi connectivity index (χ4v) is 10.7. The van der Waals surface area contributed by atoms with Gasteiger partial charge in [0.25, 0.3) is 0 Å². The minimum absolute atomic E-state index is 0.0621. The molecule has 0 aliphatic rings. The second-order valence-corrected chi connectivity index (χ2v) is 24.8. The highest BCUT2D eigenvalue weighted by Gasteiger charge is 2.20. The van der Waals surface area contributed by atoms with Gasteiger partial charge in [-0.15, -0.1) is 0 Å². The second kappa shape index (κ2) is 60.1. The zero-order valence-corrected chi connectivity index (χ0v) is 51.9. The molecule has 3 atom stereocenters. The van der Waals surface area contributed by atoms with Crippen molar-refractivity contribution >= 4 is 17.9 Å². The fourth-order valence-electron chi connectivity index (χ4n) is 10.7. The number of esters is 3. The summed E-state index contributed by atoms with van der Waals surface area (Å²) in [6, 6.07) is 0. The molecule has 0 aliphatic heterocycles. The molecular weight excluding hydrogens is 925 g/mol. The average Bonchev–Trinajstić information content (AvgIpc) is 3.40. The standard InChI is InChI=1S/C69H134O6/c1-7-64(5)56-50-44-38-32-26-20-13-11-9-10-12-14-22-28-34-40-46-52-58-67(70)73-61-66(62-74-68(71)59-53-47-41-35-29-23-17-15-19-25-31-37-43-49-55-63(3)4)75-69(72)60-54-48-42-36-30-24-18-16-21-27-33-39-45-51-57-65(6)8-2/h63-66H,7-62H2,1-6H3/t64?,65?,66-/m0/s1. The topological polar surface area (TPSA) is 78.9 Å². The Kier molecular flexibility index (Phi) is 58.8. The molecule has 0 saturated carbocycles. The number of carbonyl (C=O) groups excluding carboxylic acids is 3. The van der Waals surface area contributed by atoms with Crippen molar-refractivity contribution in [3.63, 3.8) is 0 Å². The Morgan fingerprint density at radius 3 is 0.693 bits per heavy atom. The molecule has 0 aromatic rings. The van der Waals surface area contributed by atoms with Gasteiger partial charge in [0.2, 0.25) is 0 Å². The number of hydrogen-bond acceptors (Lipinski definition) is 6. The van der Waals surface area contributed by atoms with Crippen LogP contribution in [-0.4, -0.2) is 37.2 Å². The van der Waals surface area contributed by atoms with E-state index < -0.39 is 6.10 Å². The van der Waals surface area contributed by atoms with Crippen molar-refractivity contribution in [3.8, 4) is 0 Å². The molecule has 75 heavy (non-hydrogen) atoms. The van der Waals surface area contributed by atoms with Gasteiger partial charge in [0.1, 0.15) is 13.2 Å². The lowest BCUT2D eigenvalue weighted by Gasteiger charge is -2.18. The molecule has 0 amide bonds. The lowest BCUT2D eigenvalue weighted by Crippen LogP contribution is -2.30. The summed E-state index contributed by atoms with van der Waals surface area (Å²) in [7, 11) is 0. The van der Waals surface area contributed by atoms with Crippen molar-refractivity contribution in [1.82, 2.24) is 0 Å². The van der Waals surface area contributed by atoms with Crippen LogP contribution in [0, 0.1) is 17.8 Å². The Bertz CT molecular complexity index is 1170. The van der Waals surface area contributed by atoms with Gasteiger partial charge < -0.3 is 14.2 Å². The summed E-state index contributed by atoms with van der Waals surface area (Å²) >= 11 is 0. The van der Waals surface area contributed by atoms with E-state index in [2.05, 4.69) is 41.5 Å². The Labute approximate surface area is 469 Å². The van der Waals surface area contributed by atoms with Crippen molar-refractivity contribution in [3.05, 3.63) is 0 Å². The molecule has 0 fully saturated rings. The van der Waals surface area contributed by atoms with Gasteiger partial charge in [0.15, 0.2) is 6.10 Å². The van der Waals surface area contributed by atoms with Crippen molar-refractivity contribution in [2.24, 2.45) is 17.8 Å². The molecule has 6 heteroatoms. The van der Waals surface area contributed by atoms with Crippen LogP contribution in [0.3, 0.4) is 0 Å². The maximum absolute atomic E-state index is 12.9. The number of ether oxygens (including phenoxy) is 3. The Hall–Kier alpha value is -1.59. The van der Waals surface area contributed by atoms with Gasteiger partial charge in [-0.1, -0.05) is 350 Å². The van der Waals surface area contributed by atoms with Gasteiger partial charge in [0.05, 0.1) is 0 Å². The number of rotatable bonds is 62. The van der Waals surface area contributed by atoms with Crippen LogP contribution in [0.2, 0.25) is 0 Å². The SMILES string of the molecule is CCC(C)CCCCCCCCCCCCCCCCCCCCC(=O)OC[C@@H](COC(=O)CCCCCCCCCCCCCCCCC(C)C)OC(=O)CCCCCCCCCCCCCCCCC(C)CC. The second-order valence-electron chi connectivity index (χ2n) is 24.8. The molecule has 0 aliphatic carbocycles. The third-order valence-electron chi connectivity index (χ3n) is 16.6. The summed E-state index contributed by atoms with van der Waals surface area (Å²) in [6.07, 6.45) is 66.7. The molecule has 0 heterocycles. The third-order valence-corrected chi connectivity index (χ3v) is 16.6. The van der Waals surface area contributed by atoms with Crippen molar-refractivity contribution in [1.29, 1.82) is 0 Å². The predicted octanol–water partition coefficient (Wildman–Crippen LogP) is 23.0. The van der Waals surface area contributed by atoms with Crippen LogP contribution in [0.5, 0.6) is 0 Å². The Balaban J connectivity index is 4.28. The molecule has 0 saturated heterocycles. The van der Waals surface area contributed by atoms with Crippen LogP contribution < -0.4 is 0 Å². The lowest BCUT2D eigenvalue weighted by atomic mass is 9.99. The zero-order valence-electron chi connectivity index (χ0n) is 51.9. The summed E-state index contributed by atoms with van der Waals surface area (Å²) in [6.45, 7) is 13.9. The molecule has 2 unspecified atom stereocenters. The first-order valence-electron chi connectivity index (χ1n) is 34.2. The zero-order chi connectivity index (χ0) is 54.8. The first-order valence-corrected chi connectivity index (χ1v) is 34.2. The van der Waals surface area contributed by atoms with Crippen LogP contribution >= 0.6 is 0 Å². The number of carbonyl (C=O) groups is 3. The quantitative estimate of drug-likeness (QED) is 0.0343. The van der Waals surface area contributed by atoms with Gasteiger partial charge >= 0.3 is 17.9 Å². The van der Waals surface area contributed by atoms with Gasteiger partial charge in [0, 0.05) is 19.3 Å². The summed E-state index contributed by atoms with van der Waals surface area (Å²) in [5, 5.41) is 0. The average molecular weight is 1060 g/mol. The normalized spacial score (nSPS) is 12.8. The molecule has 0 aromatic heterocycles. The molecule has 0 aromatic carbocycles. The molecular formula is C69H134O6. The highest BCUT2D eigenvalue weighted by Crippen LogP contribution is 2.20. The van der Waals surface area contributed by atoms with Gasteiger partial charge in [-0.2, -0.15) is 0 Å². The first-order chi connectivity index (χ1) is 36.7. The molecule has 0 spiro atoms. The summed E-state index contributed by atoms with van der Waals surface area (Å²) in [5.74, 6) is 1.82. The molecule has 0 radical (unpaired) electrons. The van der Waals surface area contributed by atoms with Crippen LogP contribution in [0.25, 0.3) is 0 Å². The Morgan fingerprint density at radius 1 is 0.267 bits per heavy atom. The van der Waals surface area contributed by atoms with E-state index in [1.165, 1.54) is 270 Å². The minimum Gasteiger partial charge on any atom is -0.462 e. The highest BCUT2D eigenvalue weighted by molar-refractivity contribution is 5.71. The van der Waals surface area contributed by atoms with E-state index in [0.29, 0.717) is 19.3 Å². The van der Waals surface area contributed by atoms with Crippen molar-refractivity contribution in [2.45, 2.75) is 394 Å². The number of hydrogen-bond donors (Lipinski definition) is 0. The monoisotopic (exact) mass is 1060 g/mol. The van der Waals surface area contributed by atoms with E-state index in [1.54, 1.807) is 0 Å². The minimum atomic E-state index is -0.765.